The Kier molecular flexibility index (Phi) is 2.93. The lowest BCUT2D eigenvalue weighted by Gasteiger charge is -1.96. The fraction of sp³-hybridized carbons (Fsp3) is 0.714. The Morgan fingerprint density at radius 1 is 1.40 bits per heavy atom. The van der Waals surface area contributed by atoms with Crippen molar-refractivity contribution in [1.29, 1.82) is 0 Å². The topological polar surface area (TPSA) is 38.7 Å². The summed E-state index contributed by atoms with van der Waals surface area (Å²) in [6, 6.07) is 0. The van der Waals surface area contributed by atoms with Crippen molar-refractivity contribution in [1.82, 2.24) is 0 Å². The molecule has 0 aromatic rings. The maximum atomic E-state index is 9.46. The fourth-order valence-corrected chi connectivity index (χ4v) is 1.32. The Labute approximate surface area is 60.0 Å². The maximum absolute atomic E-state index is 9.46. The highest BCUT2D eigenvalue weighted by Crippen LogP contribution is 2.25. The fourth-order valence-electron chi connectivity index (χ4n) is 1.32. The molecule has 0 amide bonds. The SMILES string of the molecule is O=NOC=CC1CCCC1. The Morgan fingerprint density at radius 2 is 2.10 bits per heavy atom. The second-order valence-electron chi connectivity index (χ2n) is 2.55. The zero-order chi connectivity index (χ0) is 7.23. The van der Waals surface area contributed by atoms with E-state index in [1.165, 1.54) is 31.9 Å². The van der Waals surface area contributed by atoms with Crippen LogP contribution < -0.4 is 0 Å². The zero-order valence-corrected chi connectivity index (χ0v) is 5.82. The first-order chi connectivity index (χ1) is 4.93. The van der Waals surface area contributed by atoms with Crippen LogP contribution in [0.2, 0.25) is 0 Å². The third kappa shape index (κ3) is 2.17. The van der Waals surface area contributed by atoms with E-state index in [4.69, 9.17) is 0 Å². The van der Waals surface area contributed by atoms with Gasteiger partial charge in [0.05, 0.1) is 0 Å². The van der Waals surface area contributed by atoms with Crippen LogP contribution in [0.3, 0.4) is 0 Å². The first-order valence-electron chi connectivity index (χ1n) is 3.58. The van der Waals surface area contributed by atoms with Crippen LogP contribution in [-0.2, 0) is 4.84 Å². The van der Waals surface area contributed by atoms with Gasteiger partial charge >= 0.3 is 0 Å². The third-order valence-corrected chi connectivity index (χ3v) is 1.85. The molecule has 1 aliphatic rings. The van der Waals surface area contributed by atoms with Crippen LogP contribution in [0, 0.1) is 10.8 Å². The third-order valence-electron chi connectivity index (χ3n) is 1.85. The lowest BCUT2D eigenvalue weighted by Crippen LogP contribution is -1.84. The number of hydrogen-bond donors (Lipinski definition) is 0. The molecule has 1 saturated carbocycles. The van der Waals surface area contributed by atoms with Crippen molar-refractivity contribution in [3.63, 3.8) is 0 Å². The number of hydrogen-bond acceptors (Lipinski definition) is 3. The predicted molar refractivity (Wildman–Crippen MR) is 38.0 cm³/mol. The molecule has 0 aliphatic heterocycles. The quantitative estimate of drug-likeness (QED) is 0.344. The van der Waals surface area contributed by atoms with E-state index in [1.807, 2.05) is 6.08 Å². The normalized spacial score (nSPS) is 20.0. The van der Waals surface area contributed by atoms with Gasteiger partial charge in [0.25, 0.3) is 0 Å². The maximum Gasteiger partial charge on any atom is 0.160 e. The summed E-state index contributed by atoms with van der Waals surface area (Å²) in [5.74, 6) is 0.613. The van der Waals surface area contributed by atoms with E-state index in [0.29, 0.717) is 5.92 Å². The lowest BCUT2D eigenvalue weighted by molar-refractivity contribution is 0.259. The Bertz CT molecular complexity index is 128. The molecule has 3 heteroatoms. The van der Waals surface area contributed by atoms with Crippen LogP contribution in [0.1, 0.15) is 25.7 Å². The van der Waals surface area contributed by atoms with Crippen molar-refractivity contribution in [2.45, 2.75) is 25.7 Å². The predicted octanol–water partition coefficient (Wildman–Crippen LogP) is 2.39. The summed E-state index contributed by atoms with van der Waals surface area (Å²) in [6.45, 7) is 0. The van der Waals surface area contributed by atoms with Crippen molar-refractivity contribution in [2.75, 3.05) is 0 Å². The highest BCUT2D eigenvalue weighted by molar-refractivity contribution is 4.85. The van der Waals surface area contributed by atoms with Gasteiger partial charge in [-0.05, 0) is 24.8 Å². The average Bonchev–Trinajstić information content (AvgIpc) is 2.41. The standard InChI is InChI=1S/C7H11NO2/c9-8-10-6-5-7-3-1-2-4-7/h5-7H,1-4H2. The van der Waals surface area contributed by atoms with Crippen LogP contribution in [-0.4, -0.2) is 0 Å². The van der Waals surface area contributed by atoms with Gasteiger partial charge in [-0.2, -0.15) is 0 Å². The van der Waals surface area contributed by atoms with Crippen molar-refractivity contribution in [2.24, 2.45) is 11.3 Å². The highest BCUT2D eigenvalue weighted by atomic mass is 16.7. The number of allylic oxidation sites excluding steroid dienone is 1. The van der Waals surface area contributed by atoms with Gasteiger partial charge in [-0.1, -0.05) is 12.8 Å². The molecule has 0 heterocycles. The molecule has 0 N–H and O–H groups in total. The van der Waals surface area contributed by atoms with Crippen LogP contribution in [0.4, 0.5) is 0 Å². The van der Waals surface area contributed by atoms with Crippen LogP contribution >= 0.6 is 0 Å². The van der Waals surface area contributed by atoms with E-state index < -0.39 is 0 Å². The second kappa shape index (κ2) is 4.04. The van der Waals surface area contributed by atoms with Crippen molar-refractivity contribution in [3.05, 3.63) is 17.2 Å². The smallest absolute Gasteiger partial charge is 0.160 e. The molecule has 0 bridgehead atoms. The molecule has 1 fully saturated rings. The van der Waals surface area contributed by atoms with E-state index in [-0.39, 0.29) is 0 Å². The molecule has 0 saturated heterocycles. The minimum absolute atomic E-state index is 0.613. The lowest BCUT2D eigenvalue weighted by atomic mass is 10.1. The first-order valence-corrected chi connectivity index (χ1v) is 3.58. The summed E-state index contributed by atoms with van der Waals surface area (Å²) in [5.41, 5.74) is 0. The molecule has 1 rings (SSSR count). The van der Waals surface area contributed by atoms with Gasteiger partial charge in [0.2, 0.25) is 0 Å². The highest BCUT2D eigenvalue weighted by Gasteiger charge is 2.10. The van der Waals surface area contributed by atoms with Gasteiger partial charge in [-0.25, -0.2) is 0 Å². The van der Waals surface area contributed by atoms with Crippen LogP contribution in [0.25, 0.3) is 0 Å². The average molecular weight is 141 g/mol. The van der Waals surface area contributed by atoms with Gasteiger partial charge in [0.15, 0.2) is 5.34 Å². The van der Waals surface area contributed by atoms with Crippen LogP contribution in [0.5, 0.6) is 0 Å². The summed E-state index contributed by atoms with van der Waals surface area (Å²) in [6.07, 6.45) is 8.32. The summed E-state index contributed by atoms with van der Waals surface area (Å²) < 4.78 is 0. The number of nitrogens with zero attached hydrogens (tertiary/aromatic N) is 1. The molecule has 0 unspecified atom stereocenters. The molecular formula is C7H11NO2. The second-order valence-corrected chi connectivity index (χ2v) is 2.55. The molecule has 1 aliphatic carbocycles. The van der Waals surface area contributed by atoms with E-state index in [1.54, 1.807) is 0 Å². The van der Waals surface area contributed by atoms with Gasteiger partial charge in [0, 0.05) is 0 Å². The Morgan fingerprint density at radius 3 is 2.70 bits per heavy atom. The molecule has 0 radical (unpaired) electrons. The monoisotopic (exact) mass is 141 g/mol. The van der Waals surface area contributed by atoms with Gasteiger partial charge < -0.3 is 4.84 Å². The van der Waals surface area contributed by atoms with Crippen molar-refractivity contribution < 1.29 is 4.84 Å². The molecular weight excluding hydrogens is 130 g/mol. The summed E-state index contributed by atoms with van der Waals surface area (Å²) in [4.78, 5) is 13.6. The van der Waals surface area contributed by atoms with Gasteiger partial charge in [-0.15, -0.1) is 4.91 Å². The van der Waals surface area contributed by atoms with E-state index >= 15 is 0 Å². The Hall–Kier alpha value is -0.860. The van der Waals surface area contributed by atoms with E-state index in [0.717, 1.165) is 0 Å². The zero-order valence-electron chi connectivity index (χ0n) is 5.82. The molecule has 56 valence electrons. The Balaban J connectivity index is 2.16. The number of rotatable bonds is 3. The van der Waals surface area contributed by atoms with E-state index in [9.17, 15) is 4.91 Å². The molecule has 10 heavy (non-hydrogen) atoms. The van der Waals surface area contributed by atoms with Crippen molar-refractivity contribution >= 4 is 0 Å². The minimum atomic E-state index is 0.613. The molecule has 0 aromatic carbocycles. The van der Waals surface area contributed by atoms with Gasteiger partial charge in [0.1, 0.15) is 6.26 Å². The molecule has 0 aromatic heterocycles. The molecule has 0 atom stereocenters. The molecule has 0 spiro atoms. The minimum Gasteiger partial charge on any atom is -0.332 e. The summed E-state index contributed by atoms with van der Waals surface area (Å²) in [7, 11) is 0. The largest absolute Gasteiger partial charge is 0.332 e. The van der Waals surface area contributed by atoms with E-state index in [2.05, 4.69) is 10.2 Å². The van der Waals surface area contributed by atoms with Gasteiger partial charge in [-0.3, -0.25) is 0 Å². The summed E-state index contributed by atoms with van der Waals surface area (Å²) >= 11 is 0. The summed E-state index contributed by atoms with van der Waals surface area (Å²) in [5, 5.41) is 2.26. The molecule has 3 nitrogen and oxygen atoms in total. The first kappa shape index (κ1) is 7.25. The van der Waals surface area contributed by atoms with Crippen molar-refractivity contribution in [3.8, 4) is 0 Å². The van der Waals surface area contributed by atoms with Crippen LogP contribution in [0.15, 0.2) is 17.7 Å².